The number of aliphatic hydroxyl groups excluding tert-OH is 1. The summed E-state index contributed by atoms with van der Waals surface area (Å²) in [6.45, 7) is 7.65. The van der Waals surface area contributed by atoms with Crippen LogP contribution in [0.15, 0.2) is 22.7 Å². The van der Waals surface area contributed by atoms with Gasteiger partial charge in [-0.15, -0.1) is 0 Å². The van der Waals surface area contributed by atoms with E-state index >= 15 is 0 Å². The summed E-state index contributed by atoms with van der Waals surface area (Å²) in [6.07, 6.45) is 0. The molecule has 1 heterocycles. The van der Waals surface area contributed by atoms with E-state index in [1.165, 1.54) is 0 Å². The molecule has 1 atom stereocenters. The topological polar surface area (TPSA) is 84.6 Å². The van der Waals surface area contributed by atoms with E-state index in [0.29, 0.717) is 35.1 Å². The second kappa shape index (κ2) is 7.28. The number of rotatable bonds is 6. The van der Waals surface area contributed by atoms with Crippen LogP contribution in [0, 0.1) is 13.8 Å². The molecule has 2 N–H and O–H groups in total. The third-order valence-corrected chi connectivity index (χ3v) is 3.71. The summed E-state index contributed by atoms with van der Waals surface area (Å²) in [5, 5.41) is 16.2. The summed E-state index contributed by atoms with van der Waals surface area (Å²) < 4.78 is 10.5. The van der Waals surface area contributed by atoms with E-state index in [-0.39, 0.29) is 18.4 Å². The molecule has 0 saturated carbocycles. The molecule has 0 radical (unpaired) electrons. The van der Waals surface area contributed by atoms with Crippen LogP contribution in [0.4, 0.5) is 5.69 Å². The Kier molecular flexibility index (Phi) is 5.39. The van der Waals surface area contributed by atoms with E-state index in [2.05, 4.69) is 10.5 Å². The minimum Gasteiger partial charge on any atom is -0.494 e. The van der Waals surface area contributed by atoms with Gasteiger partial charge in [0, 0.05) is 16.8 Å². The molecule has 6 nitrogen and oxygen atoms in total. The summed E-state index contributed by atoms with van der Waals surface area (Å²) in [5.74, 6) is 0.720. The van der Waals surface area contributed by atoms with Crippen LogP contribution in [0.2, 0.25) is 0 Å². The van der Waals surface area contributed by atoms with E-state index in [1.54, 1.807) is 25.1 Å². The lowest BCUT2D eigenvalue weighted by Gasteiger charge is -2.14. The minimum absolute atomic E-state index is 0.154. The molecule has 0 aliphatic carbocycles. The quantitative estimate of drug-likeness (QED) is 0.855. The predicted octanol–water partition coefficient (Wildman–Crippen LogP) is 2.92. The Labute approximate surface area is 135 Å². The van der Waals surface area contributed by atoms with Crippen molar-refractivity contribution in [2.75, 3.05) is 11.9 Å². The zero-order valence-corrected chi connectivity index (χ0v) is 13.8. The van der Waals surface area contributed by atoms with Crippen LogP contribution in [0.5, 0.6) is 5.75 Å². The van der Waals surface area contributed by atoms with E-state index in [0.717, 1.165) is 5.56 Å². The number of anilines is 1. The second-order valence-corrected chi connectivity index (χ2v) is 5.36. The molecule has 1 aromatic heterocycles. The number of aryl methyl sites for hydroxylation is 2. The highest BCUT2D eigenvalue weighted by Crippen LogP contribution is 2.26. The fourth-order valence-corrected chi connectivity index (χ4v) is 2.57. The lowest BCUT2D eigenvalue weighted by atomic mass is 9.98. The SMILES string of the molecule is CCOc1ccc(NC(=O)C(C)c2c(C)noc2C)cc1CO. The molecule has 0 aliphatic rings. The first kappa shape index (κ1) is 17.0. The number of ether oxygens (including phenoxy) is 1. The Balaban J connectivity index is 2.17. The van der Waals surface area contributed by atoms with Gasteiger partial charge >= 0.3 is 0 Å². The van der Waals surface area contributed by atoms with Crippen molar-refractivity contribution in [1.82, 2.24) is 5.16 Å². The van der Waals surface area contributed by atoms with Gasteiger partial charge in [0.25, 0.3) is 0 Å². The first-order valence-corrected chi connectivity index (χ1v) is 7.58. The zero-order valence-electron chi connectivity index (χ0n) is 13.8. The van der Waals surface area contributed by atoms with Crippen molar-refractivity contribution in [1.29, 1.82) is 0 Å². The van der Waals surface area contributed by atoms with Crippen molar-refractivity contribution < 1.29 is 19.2 Å². The van der Waals surface area contributed by atoms with Gasteiger partial charge in [0.2, 0.25) is 5.91 Å². The Morgan fingerprint density at radius 3 is 2.74 bits per heavy atom. The third kappa shape index (κ3) is 3.71. The highest BCUT2D eigenvalue weighted by atomic mass is 16.5. The van der Waals surface area contributed by atoms with Crippen LogP contribution in [-0.2, 0) is 11.4 Å². The Bertz CT molecular complexity index is 674. The van der Waals surface area contributed by atoms with Gasteiger partial charge in [0.05, 0.1) is 24.8 Å². The van der Waals surface area contributed by atoms with Gasteiger partial charge in [-0.3, -0.25) is 4.79 Å². The summed E-state index contributed by atoms with van der Waals surface area (Å²) >= 11 is 0. The zero-order chi connectivity index (χ0) is 17.0. The van der Waals surface area contributed by atoms with E-state index in [9.17, 15) is 9.90 Å². The molecule has 124 valence electrons. The van der Waals surface area contributed by atoms with Crippen molar-refractivity contribution in [3.8, 4) is 5.75 Å². The van der Waals surface area contributed by atoms with Gasteiger partial charge in [-0.1, -0.05) is 5.16 Å². The maximum Gasteiger partial charge on any atom is 0.231 e. The monoisotopic (exact) mass is 318 g/mol. The molecule has 0 spiro atoms. The number of benzene rings is 1. The molecule has 1 aromatic carbocycles. The van der Waals surface area contributed by atoms with Gasteiger partial charge in [-0.25, -0.2) is 0 Å². The largest absolute Gasteiger partial charge is 0.494 e. The molecule has 0 bridgehead atoms. The van der Waals surface area contributed by atoms with Crippen LogP contribution in [0.1, 0.15) is 42.3 Å². The highest BCUT2D eigenvalue weighted by molar-refractivity contribution is 5.96. The van der Waals surface area contributed by atoms with Crippen LogP contribution >= 0.6 is 0 Å². The normalized spacial score (nSPS) is 12.0. The number of nitrogens with zero attached hydrogens (tertiary/aromatic N) is 1. The average molecular weight is 318 g/mol. The van der Waals surface area contributed by atoms with E-state index in [1.807, 2.05) is 20.8 Å². The smallest absolute Gasteiger partial charge is 0.231 e. The molecule has 23 heavy (non-hydrogen) atoms. The Morgan fingerprint density at radius 2 is 2.17 bits per heavy atom. The van der Waals surface area contributed by atoms with Crippen LogP contribution in [0.25, 0.3) is 0 Å². The van der Waals surface area contributed by atoms with Crippen LogP contribution in [0.3, 0.4) is 0 Å². The number of carbonyl (C=O) groups excluding carboxylic acids is 1. The first-order chi connectivity index (χ1) is 11.0. The second-order valence-electron chi connectivity index (χ2n) is 5.36. The van der Waals surface area contributed by atoms with Crippen molar-refractivity contribution in [2.45, 2.75) is 40.2 Å². The molecule has 2 rings (SSSR count). The highest BCUT2D eigenvalue weighted by Gasteiger charge is 2.23. The average Bonchev–Trinajstić information content (AvgIpc) is 2.87. The lowest BCUT2D eigenvalue weighted by molar-refractivity contribution is -0.117. The number of carbonyl (C=O) groups is 1. The standard InChI is InChI=1S/C17H22N2O4/c1-5-22-15-7-6-14(8-13(15)9-20)18-17(21)10(2)16-11(3)19-23-12(16)4/h6-8,10,20H,5,9H2,1-4H3,(H,18,21). The number of hydrogen-bond acceptors (Lipinski definition) is 5. The van der Waals surface area contributed by atoms with Gasteiger partial charge in [0.15, 0.2) is 0 Å². The van der Waals surface area contributed by atoms with Crippen LogP contribution in [-0.4, -0.2) is 22.8 Å². The summed E-state index contributed by atoms with van der Waals surface area (Å²) in [5.41, 5.74) is 2.76. The van der Waals surface area contributed by atoms with Crippen LogP contribution < -0.4 is 10.1 Å². The fourth-order valence-electron chi connectivity index (χ4n) is 2.57. The lowest BCUT2D eigenvalue weighted by Crippen LogP contribution is -2.19. The number of hydrogen-bond donors (Lipinski definition) is 2. The van der Waals surface area contributed by atoms with Crippen molar-refractivity contribution in [2.24, 2.45) is 0 Å². The third-order valence-electron chi connectivity index (χ3n) is 3.71. The van der Waals surface area contributed by atoms with Crippen molar-refractivity contribution in [3.05, 3.63) is 40.8 Å². The molecular formula is C17H22N2O4. The molecule has 0 saturated heterocycles. The van der Waals surface area contributed by atoms with Crippen molar-refractivity contribution >= 4 is 11.6 Å². The van der Waals surface area contributed by atoms with Crippen molar-refractivity contribution in [3.63, 3.8) is 0 Å². The minimum atomic E-state index is -0.384. The molecule has 0 fully saturated rings. The fraction of sp³-hybridized carbons (Fsp3) is 0.412. The molecule has 0 aliphatic heterocycles. The first-order valence-electron chi connectivity index (χ1n) is 7.58. The number of nitrogens with one attached hydrogen (secondary N) is 1. The number of aromatic nitrogens is 1. The molecule has 2 aromatic rings. The van der Waals surface area contributed by atoms with E-state index in [4.69, 9.17) is 9.26 Å². The van der Waals surface area contributed by atoms with E-state index < -0.39 is 0 Å². The summed E-state index contributed by atoms with van der Waals surface area (Å²) in [7, 11) is 0. The van der Waals surface area contributed by atoms with Gasteiger partial charge in [0.1, 0.15) is 11.5 Å². The molecule has 6 heteroatoms. The number of aliphatic hydroxyl groups is 1. The maximum absolute atomic E-state index is 12.5. The maximum atomic E-state index is 12.5. The summed E-state index contributed by atoms with van der Waals surface area (Å²) in [4.78, 5) is 12.5. The molecular weight excluding hydrogens is 296 g/mol. The Morgan fingerprint density at radius 1 is 1.43 bits per heavy atom. The van der Waals surface area contributed by atoms with Gasteiger partial charge in [-0.05, 0) is 45.9 Å². The Hall–Kier alpha value is -2.34. The molecule has 1 unspecified atom stereocenters. The van der Waals surface area contributed by atoms with Gasteiger partial charge in [-0.2, -0.15) is 0 Å². The summed E-state index contributed by atoms with van der Waals surface area (Å²) in [6, 6.07) is 5.20. The van der Waals surface area contributed by atoms with Gasteiger partial charge < -0.3 is 19.7 Å². The predicted molar refractivity (Wildman–Crippen MR) is 86.6 cm³/mol. The molecule has 1 amide bonds. The number of amides is 1.